The largest absolute Gasteiger partial charge is 0.479 e. The van der Waals surface area contributed by atoms with Crippen molar-refractivity contribution in [3.63, 3.8) is 0 Å². The van der Waals surface area contributed by atoms with E-state index < -0.39 is 28.9 Å². The molecule has 0 aliphatic rings. The van der Waals surface area contributed by atoms with Gasteiger partial charge >= 0.3 is 5.69 Å². The second-order valence-corrected chi connectivity index (χ2v) is 9.75. The molecule has 12 nitrogen and oxygen atoms in total. The highest BCUT2D eigenvalue weighted by Crippen LogP contribution is 2.43. The number of nitrogens with two attached hydrogens (primary N) is 1. The first-order valence-electron chi connectivity index (χ1n) is 11.9. The Morgan fingerprint density at radius 1 is 1.24 bits per heavy atom. The summed E-state index contributed by atoms with van der Waals surface area (Å²) < 4.78 is 40.1. The van der Waals surface area contributed by atoms with Gasteiger partial charge in [0.25, 0.3) is 18.2 Å². The van der Waals surface area contributed by atoms with E-state index in [1.165, 1.54) is 42.6 Å². The van der Waals surface area contributed by atoms with Crippen LogP contribution >= 0.6 is 11.3 Å². The molecule has 1 aromatic carbocycles. The van der Waals surface area contributed by atoms with E-state index in [1.807, 2.05) is 0 Å². The van der Waals surface area contributed by atoms with E-state index >= 15 is 0 Å². The number of primary amides is 1. The Morgan fingerprint density at radius 2 is 2.00 bits per heavy atom. The number of ether oxygens (including phenoxy) is 1. The number of nitrogens with one attached hydrogen (secondary N) is 1. The normalized spacial score (nSPS) is 11.2. The number of nitro groups is 1. The zero-order chi connectivity index (χ0) is 29.4. The minimum atomic E-state index is -2.90. The van der Waals surface area contributed by atoms with Gasteiger partial charge < -0.3 is 20.2 Å². The van der Waals surface area contributed by atoms with Gasteiger partial charge in [0.15, 0.2) is 11.5 Å². The molecule has 4 heterocycles. The number of halogens is 2. The topological polar surface area (TPSA) is 168 Å². The molecule has 5 rings (SSSR count). The number of benzene rings is 1. The summed E-state index contributed by atoms with van der Waals surface area (Å²) in [7, 11) is 1.69. The van der Waals surface area contributed by atoms with Gasteiger partial charge in [-0.3, -0.25) is 24.4 Å². The first kappa shape index (κ1) is 27.4. The van der Waals surface area contributed by atoms with Crippen LogP contribution in [0.25, 0.3) is 21.3 Å². The Morgan fingerprint density at radius 3 is 2.66 bits per heavy atom. The van der Waals surface area contributed by atoms with Gasteiger partial charge in [0.05, 0.1) is 16.8 Å². The van der Waals surface area contributed by atoms with E-state index in [1.54, 1.807) is 24.7 Å². The van der Waals surface area contributed by atoms with E-state index in [2.05, 4.69) is 15.4 Å². The van der Waals surface area contributed by atoms with Crippen molar-refractivity contribution in [3.8, 4) is 16.9 Å². The number of hydrogen-bond donors (Lipinski definition) is 2. The molecule has 0 bridgehead atoms. The number of aromatic nitrogens is 3. The maximum atomic E-state index is 13.7. The molecule has 4 aromatic heterocycles. The molecular formula is C26H20F2N6O6S. The Kier molecular flexibility index (Phi) is 7.19. The molecule has 2 amide bonds. The summed E-state index contributed by atoms with van der Waals surface area (Å²) in [6.07, 6.45) is -1.41. The number of thiophene rings is 1. The fourth-order valence-electron chi connectivity index (χ4n) is 4.13. The van der Waals surface area contributed by atoms with Gasteiger partial charge in [0, 0.05) is 29.8 Å². The number of fused-ring (bicyclic) bond motifs is 1. The van der Waals surface area contributed by atoms with Crippen LogP contribution in [0.2, 0.25) is 0 Å². The predicted octanol–water partition coefficient (Wildman–Crippen LogP) is 5.37. The van der Waals surface area contributed by atoms with Crippen LogP contribution in [-0.4, -0.2) is 31.5 Å². The Bertz CT molecular complexity index is 1830. The lowest BCUT2D eigenvalue weighted by atomic mass is 10.0. The Labute approximate surface area is 233 Å². The Balaban J connectivity index is 1.50. The number of carbonyl (C=O) groups excluding carboxylic acids is 2. The third kappa shape index (κ3) is 5.21. The van der Waals surface area contributed by atoms with Gasteiger partial charge in [-0.25, -0.2) is 13.8 Å². The molecule has 0 aliphatic carbocycles. The molecule has 0 saturated carbocycles. The average molecular weight is 583 g/mol. The average Bonchev–Trinajstić information content (AvgIpc) is 3.65. The summed E-state index contributed by atoms with van der Waals surface area (Å²) in [4.78, 5) is 40.2. The molecular weight excluding hydrogens is 562 g/mol. The number of hydrogen-bond acceptors (Lipinski definition) is 9. The number of amides is 2. The lowest BCUT2D eigenvalue weighted by Crippen LogP contribution is -2.16. The van der Waals surface area contributed by atoms with Gasteiger partial charge in [-0.1, -0.05) is 12.1 Å². The SMILES string of the molecule is Cc1c(-c2cc(C(F)F)nc3sc(C(N)=O)c(NC(=O)c4ccc(COc5ccccc5[N+](=O)[O-])o4)c23)cnn1C. The van der Waals surface area contributed by atoms with Crippen LogP contribution in [0.3, 0.4) is 0 Å². The van der Waals surface area contributed by atoms with Crippen molar-refractivity contribution < 1.29 is 32.4 Å². The molecule has 3 N–H and O–H groups in total. The summed E-state index contributed by atoms with van der Waals surface area (Å²) >= 11 is 0.770. The summed E-state index contributed by atoms with van der Waals surface area (Å²) in [5, 5.41) is 18.2. The minimum absolute atomic E-state index is 0.0109. The lowest BCUT2D eigenvalue weighted by molar-refractivity contribution is -0.386. The molecule has 0 saturated heterocycles. The fraction of sp³-hybridized carbons (Fsp3) is 0.154. The smallest absolute Gasteiger partial charge is 0.310 e. The van der Waals surface area contributed by atoms with Crippen LogP contribution in [0.4, 0.5) is 20.2 Å². The summed E-state index contributed by atoms with van der Waals surface area (Å²) in [6, 6.07) is 9.78. The molecule has 0 spiro atoms. The van der Waals surface area contributed by atoms with Crippen LogP contribution in [0, 0.1) is 17.0 Å². The molecule has 210 valence electrons. The first-order chi connectivity index (χ1) is 19.5. The molecule has 0 atom stereocenters. The predicted molar refractivity (Wildman–Crippen MR) is 144 cm³/mol. The fourth-order valence-corrected chi connectivity index (χ4v) is 5.14. The quantitative estimate of drug-likeness (QED) is 0.173. The second-order valence-electron chi connectivity index (χ2n) is 8.75. The maximum Gasteiger partial charge on any atom is 0.310 e. The van der Waals surface area contributed by atoms with E-state index in [0.717, 1.165) is 11.3 Å². The first-order valence-corrected chi connectivity index (χ1v) is 12.7. The van der Waals surface area contributed by atoms with E-state index in [-0.39, 0.29) is 55.9 Å². The van der Waals surface area contributed by atoms with E-state index in [4.69, 9.17) is 14.9 Å². The Hall–Kier alpha value is -5.18. The molecule has 41 heavy (non-hydrogen) atoms. The van der Waals surface area contributed by atoms with Gasteiger partial charge in [-0.15, -0.1) is 11.3 Å². The number of nitro benzene ring substituents is 1. The lowest BCUT2D eigenvalue weighted by Gasteiger charge is -2.10. The van der Waals surface area contributed by atoms with Crippen molar-refractivity contribution in [2.75, 3.05) is 5.32 Å². The van der Waals surface area contributed by atoms with Crippen LogP contribution in [-0.2, 0) is 13.7 Å². The number of furan rings is 1. The van der Waals surface area contributed by atoms with Gasteiger partial charge in [-0.05, 0) is 36.8 Å². The van der Waals surface area contributed by atoms with Crippen LogP contribution in [0.5, 0.6) is 5.75 Å². The minimum Gasteiger partial charge on any atom is -0.479 e. The highest BCUT2D eigenvalue weighted by molar-refractivity contribution is 7.21. The van der Waals surface area contributed by atoms with Crippen LogP contribution in [0.15, 0.2) is 53.1 Å². The zero-order valence-electron chi connectivity index (χ0n) is 21.4. The highest BCUT2D eigenvalue weighted by Gasteiger charge is 2.27. The van der Waals surface area contributed by atoms with E-state index in [9.17, 15) is 28.5 Å². The van der Waals surface area contributed by atoms with E-state index in [0.29, 0.717) is 11.3 Å². The third-order valence-corrected chi connectivity index (χ3v) is 7.31. The number of nitrogens with zero attached hydrogens (tertiary/aromatic N) is 4. The van der Waals surface area contributed by atoms with Crippen molar-refractivity contribution in [2.24, 2.45) is 12.8 Å². The number of pyridine rings is 1. The van der Waals surface area contributed by atoms with Crippen molar-refractivity contribution >= 4 is 44.7 Å². The highest BCUT2D eigenvalue weighted by atomic mass is 32.1. The summed E-state index contributed by atoms with van der Waals surface area (Å²) in [6.45, 7) is 1.53. The van der Waals surface area contributed by atoms with Crippen molar-refractivity contribution in [3.05, 3.63) is 86.6 Å². The molecule has 5 aromatic rings. The summed E-state index contributed by atoms with van der Waals surface area (Å²) in [5.74, 6) is -1.62. The van der Waals surface area contributed by atoms with Crippen molar-refractivity contribution in [1.29, 1.82) is 0 Å². The van der Waals surface area contributed by atoms with Crippen LogP contribution < -0.4 is 15.8 Å². The molecule has 0 unspecified atom stereocenters. The molecule has 0 fully saturated rings. The van der Waals surface area contributed by atoms with Crippen molar-refractivity contribution in [2.45, 2.75) is 20.0 Å². The number of alkyl halides is 2. The number of carbonyl (C=O) groups is 2. The zero-order valence-corrected chi connectivity index (χ0v) is 22.2. The number of para-hydroxylation sites is 2. The molecule has 15 heteroatoms. The summed E-state index contributed by atoms with van der Waals surface area (Å²) in [5.41, 5.74) is 6.26. The number of rotatable bonds is 9. The number of aryl methyl sites for hydroxylation is 1. The van der Waals surface area contributed by atoms with Crippen molar-refractivity contribution in [1.82, 2.24) is 14.8 Å². The maximum absolute atomic E-state index is 13.7. The monoisotopic (exact) mass is 582 g/mol. The standard InChI is InChI=1S/C26H20F2N6O6S/c1-12-15(10-30-33(12)2)14-9-16(23(27)28)31-26-20(14)21(22(41-26)24(29)35)32-25(36)19-8-7-13(40-19)11-39-18-6-4-3-5-17(18)34(37)38/h3-10,23H,11H2,1-2H3,(H2,29,35)(H,32,36). The molecule has 0 aliphatic heterocycles. The van der Waals surface area contributed by atoms with Gasteiger partial charge in [0.1, 0.15) is 27.8 Å². The van der Waals surface area contributed by atoms with Gasteiger partial charge in [0.2, 0.25) is 0 Å². The molecule has 0 radical (unpaired) electrons. The second kappa shape index (κ2) is 10.8. The number of anilines is 1. The van der Waals surface area contributed by atoms with Crippen LogP contribution in [0.1, 0.15) is 43.8 Å². The third-order valence-electron chi connectivity index (χ3n) is 6.21. The van der Waals surface area contributed by atoms with Gasteiger partial charge in [-0.2, -0.15) is 5.10 Å².